The van der Waals surface area contributed by atoms with Crippen LogP contribution in [0.5, 0.6) is 17.2 Å². The second kappa shape index (κ2) is 12.8. The molecule has 0 saturated heterocycles. The molecule has 212 valence electrons. The molecule has 40 heavy (non-hydrogen) atoms. The van der Waals surface area contributed by atoms with Crippen LogP contribution in [0.25, 0.3) is 33.9 Å². The van der Waals surface area contributed by atoms with Crippen LogP contribution in [-0.2, 0) is 6.54 Å². The molecule has 0 aliphatic rings. The molecule has 1 heterocycles. The molecule has 1 aromatic heterocycles. The zero-order valence-corrected chi connectivity index (χ0v) is 24.9. The van der Waals surface area contributed by atoms with Crippen molar-refractivity contribution < 1.29 is 14.6 Å². The summed E-state index contributed by atoms with van der Waals surface area (Å²) in [6.45, 7) is 15.4. The molecule has 4 aromatic rings. The zero-order valence-electron chi connectivity index (χ0n) is 24.9. The predicted molar refractivity (Wildman–Crippen MR) is 166 cm³/mol. The molecule has 0 unspecified atom stereocenters. The van der Waals surface area contributed by atoms with E-state index in [1.54, 1.807) is 0 Å². The fourth-order valence-corrected chi connectivity index (χ4v) is 5.34. The molecule has 4 rings (SSSR count). The zero-order chi connectivity index (χ0) is 28.8. The minimum absolute atomic E-state index is 0.0252. The van der Waals surface area contributed by atoms with Crippen LogP contribution in [-0.4, -0.2) is 55.1 Å². The first-order valence-electron chi connectivity index (χ1n) is 14.2. The Bertz CT molecular complexity index is 1380. The molecule has 0 aliphatic heterocycles. The van der Waals surface area contributed by atoms with Crippen molar-refractivity contribution in [3.8, 4) is 51.2 Å². The number of anilines is 2. The number of rotatable bonds is 12. The van der Waals surface area contributed by atoms with Gasteiger partial charge >= 0.3 is 0 Å². The largest absolute Gasteiger partial charge is 0.502 e. The van der Waals surface area contributed by atoms with Gasteiger partial charge in [-0.1, -0.05) is 24.3 Å². The topological polar surface area (TPSA) is 63.0 Å². The first-order chi connectivity index (χ1) is 19.4. The molecule has 0 saturated carbocycles. The Balaban J connectivity index is 1.94. The minimum atomic E-state index is -0.0252. The number of ether oxygens (including phenoxy) is 2. The van der Waals surface area contributed by atoms with Crippen molar-refractivity contribution in [3.63, 3.8) is 0 Å². The summed E-state index contributed by atoms with van der Waals surface area (Å²) in [5.41, 5.74) is 7.30. The first-order valence-corrected chi connectivity index (χ1v) is 14.2. The quantitative estimate of drug-likeness (QED) is 0.202. The second-order valence-electron chi connectivity index (χ2n) is 9.54. The fourth-order valence-electron chi connectivity index (χ4n) is 5.34. The second-order valence-corrected chi connectivity index (χ2v) is 9.54. The Morgan fingerprint density at radius 1 is 0.675 bits per heavy atom. The number of hydrogen-bond acceptors (Lipinski definition) is 6. The highest BCUT2D eigenvalue weighted by atomic mass is 16.5. The van der Waals surface area contributed by atoms with E-state index >= 15 is 0 Å². The average Bonchev–Trinajstić information content (AvgIpc) is 3.39. The summed E-state index contributed by atoms with van der Waals surface area (Å²) in [5.74, 6) is 1.44. The third kappa shape index (κ3) is 5.46. The van der Waals surface area contributed by atoms with Gasteiger partial charge in [0.1, 0.15) is 5.82 Å². The van der Waals surface area contributed by atoms with Gasteiger partial charge in [-0.2, -0.15) is 0 Å². The van der Waals surface area contributed by atoms with Crippen molar-refractivity contribution in [2.75, 3.05) is 50.2 Å². The van der Waals surface area contributed by atoms with Gasteiger partial charge in [0.15, 0.2) is 11.5 Å². The summed E-state index contributed by atoms with van der Waals surface area (Å²) in [5, 5.41) is 10.5. The molecule has 3 aromatic carbocycles. The smallest absolute Gasteiger partial charge is 0.200 e. The van der Waals surface area contributed by atoms with E-state index in [-0.39, 0.29) is 5.75 Å². The summed E-state index contributed by atoms with van der Waals surface area (Å²) in [6.07, 6.45) is 0. The van der Waals surface area contributed by atoms with E-state index in [9.17, 15) is 5.11 Å². The molecule has 0 bridgehead atoms. The number of nitrogens with zero attached hydrogens (tertiary/aromatic N) is 4. The Labute approximate surface area is 238 Å². The van der Waals surface area contributed by atoms with Gasteiger partial charge in [-0.25, -0.2) is 4.98 Å². The lowest BCUT2D eigenvalue weighted by molar-refractivity contribution is 0.340. The lowest BCUT2D eigenvalue weighted by atomic mass is 10.0. The maximum absolute atomic E-state index is 10.5. The molecule has 1 N–H and O–H groups in total. The van der Waals surface area contributed by atoms with Crippen LogP contribution in [0.2, 0.25) is 0 Å². The summed E-state index contributed by atoms with van der Waals surface area (Å²) in [6, 6.07) is 21.0. The van der Waals surface area contributed by atoms with Crippen molar-refractivity contribution >= 4 is 11.4 Å². The van der Waals surface area contributed by atoms with Gasteiger partial charge in [0.05, 0.1) is 25.6 Å². The van der Waals surface area contributed by atoms with Gasteiger partial charge in [-0.15, -0.1) is 0 Å². The highest BCUT2D eigenvalue weighted by Gasteiger charge is 2.23. The maximum atomic E-state index is 10.5. The lowest BCUT2D eigenvalue weighted by Gasteiger charge is -2.21. The summed E-state index contributed by atoms with van der Waals surface area (Å²) >= 11 is 0. The van der Waals surface area contributed by atoms with E-state index in [4.69, 9.17) is 14.5 Å². The number of aromatic hydroxyl groups is 1. The maximum Gasteiger partial charge on any atom is 0.200 e. The monoisotopic (exact) mass is 542 g/mol. The Hall–Kier alpha value is -4.13. The average molecular weight is 543 g/mol. The van der Waals surface area contributed by atoms with Crippen LogP contribution < -0.4 is 19.3 Å². The molecular weight excluding hydrogens is 500 g/mol. The van der Waals surface area contributed by atoms with Crippen molar-refractivity contribution in [1.82, 2.24) is 9.55 Å². The third-order valence-electron chi connectivity index (χ3n) is 7.56. The molecule has 0 aliphatic carbocycles. The normalized spacial score (nSPS) is 11.0. The number of imidazole rings is 1. The summed E-state index contributed by atoms with van der Waals surface area (Å²) in [4.78, 5) is 9.91. The van der Waals surface area contributed by atoms with Crippen LogP contribution in [0.3, 0.4) is 0 Å². The standard InChI is InChI=1S/C33H42N4O3/c1-8-35(9-2)26-17-13-23(14-18-26)30-31(24-15-19-27(20-16-24)36(10-3)11-4)37(12-5)33(34-30)25-21-28(39-6)32(38)29(22-25)40-7/h13-22,38H,8-12H2,1-7H3. The van der Waals surface area contributed by atoms with Crippen molar-refractivity contribution in [1.29, 1.82) is 0 Å². The molecule has 7 nitrogen and oxygen atoms in total. The SMILES string of the molecule is CCN(CC)c1ccc(-c2nc(-c3cc(OC)c(O)c(OC)c3)n(CC)c2-c2ccc(N(CC)CC)cc2)cc1. The number of aromatic nitrogens is 2. The highest BCUT2D eigenvalue weighted by molar-refractivity contribution is 5.84. The van der Waals surface area contributed by atoms with Crippen LogP contribution in [0.4, 0.5) is 11.4 Å². The number of hydrogen-bond donors (Lipinski definition) is 1. The van der Waals surface area contributed by atoms with Gasteiger partial charge in [0.2, 0.25) is 5.75 Å². The van der Waals surface area contributed by atoms with Gasteiger partial charge in [0.25, 0.3) is 0 Å². The molecule has 7 heteroatoms. The van der Waals surface area contributed by atoms with E-state index < -0.39 is 0 Å². The summed E-state index contributed by atoms with van der Waals surface area (Å²) < 4.78 is 13.2. The number of benzene rings is 3. The van der Waals surface area contributed by atoms with Crippen LogP contribution in [0.15, 0.2) is 60.7 Å². The van der Waals surface area contributed by atoms with Crippen LogP contribution in [0, 0.1) is 0 Å². The van der Waals surface area contributed by atoms with Gasteiger partial charge in [-0.3, -0.25) is 0 Å². The third-order valence-corrected chi connectivity index (χ3v) is 7.56. The number of methoxy groups -OCH3 is 2. The van der Waals surface area contributed by atoms with Gasteiger partial charge < -0.3 is 28.9 Å². The van der Waals surface area contributed by atoms with Crippen molar-refractivity contribution in [2.24, 2.45) is 0 Å². The molecule has 0 amide bonds. The van der Waals surface area contributed by atoms with Crippen LogP contribution >= 0.6 is 0 Å². The summed E-state index contributed by atoms with van der Waals surface area (Å²) in [7, 11) is 3.08. The van der Waals surface area contributed by atoms with Crippen LogP contribution in [0.1, 0.15) is 34.6 Å². The Kier molecular flexibility index (Phi) is 9.25. The van der Waals surface area contributed by atoms with E-state index in [0.29, 0.717) is 18.0 Å². The molecule has 0 fully saturated rings. The Morgan fingerprint density at radius 3 is 1.52 bits per heavy atom. The van der Waals surface area contributed by atoms with E-state index in [1.807, 2.05) is 12.1 Å². The van der Waals surface area contributed by atoms with E-state index in [0.717, 1.165) is 60.1 Å². The fraction of sp³-hybridized carbons (Fsp3) is 0.364. The number of phenols is 1. The molecule has 0 spiro atoms. The van der Waals surface area contributed by atoms with E-state index in [1.165, 1.54) is 25.6 Å². The number of phenolic OH excluding ortho intramolecular Hbond substituents is 1. The lowest BCUT2D eigenvalue weighted by Crippen LogP contribution is -2.21. The minimum Gasteiger partial charge on any atom is -0.502 e. The highest BCUT2D eigenvalue weighted by Crippen LogP contribution is 2.43. The van der Waals surface area contributed by atoms with Gasteiger partial charge in [0, 0.05) is 60.8 Å². The predicted octanol–water partition coefficient (Wildman–Crippen LogP) is 7.32. The molecule has 0 atom stereocenters. The van der Waals surface area contributed by atoms with E-state index in [2.05, 4.69) is 97.5 Å². The molecule has 0 radical (unpaired) electrons. The first kappa shape index (κ1) is 28.9. The van der Waals surface area contributed by atoms with Crippen molar-refractivity contribution in [3.05, 3.63) is 60.7 Å². The molecular formula is C33H42N4O3. The van der Waals surface area contributed by atoms with Gasteiger partial charge in [-0.05, 0) is 71.0 Å². The van der Waals surface area contributed by atoms with Crippen molar-refractivity contribution in [2.45, 2.75) is 41.2 Å². The Morgan fingerprint density at radius 2 is 1.12 bits per heavy atom.